The Hall–Kier alpha value is -4.64. The predicted octanol–water partition coefficient (Wildman–Crippen LogP) is 14.1. The molecule has 4 aromatic rings. The van der Waals surface area contributed by atoms with E-state index in [0.29, 0.717) is 13.2 Å². The summed E-state index contributed by atoms with van der Waals surface area (Å²) in [5.74, 6) is 4.24. The summed E-state index contributed by atoms with van der Waals surface area (Å²) in [7, 11) is 1.71. The number of hydrogen-bond donors (Lipinski definition) is 0. The van der Waals surface area contributed by atoms with Gasteiger partial charge in [0.05, 0.1) is 33.5 Å². The van der Waals surface area contributed by atoms with E-state index in [1.807, 2.05) is 32.1 Å². The Balaban J connectivity index is 0.000000291. The number of allylic oxidation sites excluding steroid dienone is 2. The normalized spacial score (nSPS) is 11.1. The maximum Gasteiger partial charge on any atom is 0.161 e. The molecule has 0 unspecified atom stereocenters. The molecule has 5 nitrogen and oxygen atoms in total. The standard InChI is InChI=1S/C25H34O3.C24H32O2/c1-6-9-14-27-23-13-12-20(18-25(23)28-15-10-7-2)22-17-21(11-8-3)24(26-5)16-19(22)4;1-5-8-15-25-23-14-13-21(18-24(23)26-16-9-6-2)22-17-20(10-7-3)12-11-19(22)4/h8,11-13,16-18H,6-7,9-10,14-15H2,1-5H3;7,10-14,17-18H,5-6,8-9,15-16H2,1-4H3/b11-8+;10-7+. The number of methoxy groups -OCH3 is 1. The quantitative estimate of drug-likeness (QED) is 0.0798. The second-order valence-electron chi connectivity index (χ2n) is 13.6. The van der Waals surface area contributed by atoms with Gasteiger partial charge in [0.2, 0.25) is 0 Å². The molecule has 0 bridgehead atoms. The Morgan fingerprint density at radius 1 is 0.463 bits per heavy atom. The van der Waals surface area contributed by atoms with Crippen molar-refractivity contribution >= 4 is 12.2 Å². The molecule has 0 aliphatic carbocycles. The molecular weight excluding hydrogens is 669 g/mol. The minimum absolute atomic E-state index is 0.704. The van der Waals surface area contributed by atoms with Crippen LogP contribution in [0.3, 0.4) is 0 Å². The molecule has 0 atom stereocenters. The van der Waals surface area contributed by atoms with Crippen LogP contribution in [0.4, 0.5) is 0 Å². The molecule has 0 saturated carbocycles. The van der Waals surface area contributed by atoms with Gasteiger partial charge in [0.25, 0.3) is 0 Å². The molecule has 0 heterocycles. The van der Waals surface area contributed by atoms with Gasteiger partial charge in [0.15, 0.2) is 23.0 Å². The van der Waals surface area contributed by atoms with Crippen LogP contribution in [0.1, 0.15) is 115 Å². The fourth-order valence-corrected chi connectivity index (χ4v) is 5.86. The van der Waals surface area contributed by atoms with Crippen molar-refractivity contribution in [2.45, 2.75) is 107 Å². The lowest BCUT2D eigenvalue weighted by molar-refractivity contribution is 0.262. The maximum atomic E-state index is 6.07. The minimum Gasteiger partial charge on any atom is -0.496 e. The van der Waals surface area contributed by atoms with Crippen LogP contribution in [0.15, 0.2) is 78.9 Å². The van der Waals surface area contributed by atoms with Crippen LogP contribution < -0.4 is 23.7 Å². The highest BCUT2D eigenvalue weighted by Crippen LogP contribution is 2.38. The average Bonchev–Trinajstić information content (AvgIpc) is 3.18. The van der Waals surface area contributed by atoms with Crippen LogP contribution in [0.2, 0.25) is 0 Å². The van der Waals surface area contributed by atoms with Gasteiger partial charge in [-0.1, -0.05) is 102 Å². The van der Waals surface area contributed by atoms with Crippen molar-refractivity contribution in [2.24, 2.45) is 0 Å². The number of benzene rings is 4. The molecular formula is C49H66O5. The molecule has 0 N–H and O–H groups in total. The van der Waals surface area contributed by atoms with Crippen molar-refractivity contribution in [2.75, 3.05) is 33.5 Å². The van der Waals surface area contributed by atoms with E-state index in [1.165, 1.54) is 33.4 Å². The monoisotopic (exact) mass is 734 g/mol. The fraction of sp³-hybridized carbons (Fsp3) is 0.429. The molecule has 0 aliphatic rings. The van der Waals surface area contributed by atoms with Gasteiger partial charge in [-0.25, -0.2) is 0 Å². The number of hydrogen-bond acceptors (Lipinski definition) is 5. The van der Waals surface area contributed by atoms with Crippen molar-refractivity contribution < 1.29 is 23.7 Å². The summed E-state index contributed by atoms with van der Waals surface area (Å²) < 4.78 is 29.6. The zero-order valence-electron chi connectivity index (χ0n) is 34.7. The summed E-state index contributed by atoms with van der Waals surface area (Å²) >= 11 is 0. The molecule has 4 rings (SSSR count). The van der Waals surface area contributed by atoms with Crippen LogP contribution >= 0.6 is 0 Å². The van der Waals surface area contributed by atoms with E-state index in [4.69, 9.17) is 23.7 Å². The second-order valence-corrected chi connectivity index (χ2v) is 13.6. The van der Waals surface area contributed by atoms with Gasteiger partial charge in [0.1, 0.15) is 5.75 Å². The first-order chi connectivity index (χ1) is 26.3. The summed E-state index contributed by atoms with van der Waals surface area (Å²) in [6.45, 7) is 19.9. The Labute approximate surface area is 327 Å². The largest absolute Gasteiger partial charge is 0.496 e. The molecule has 4 aromatic carbocycles. The first-order valence-electron chi connectivity index (χ1n) is 20.2. The van der Waals surface area contributed by atoms with Crippen LogP contribution in [0.5, 0.6) is 28.7 Å². The van der Waals surface area contributed by atoms with Gasteiger partial charge < -0.3 is 23.7 Å². The van der Waals surface area contributed by atoms with Crippen molar-refractivity contribution in [3.63, 3.8) is 0 Å². The Morgan fingerprint density at radius 2 is 0.926 bits per heavy atom. The zero-order valence-corrected chi connectivity index (χ0v) is 34.7. The maximum absolute atomic E-state index is 6.07. The van der Waals surface area contributed by atoms with Crippen molar-refractivity contribution in [3.8, 4) is 51.0 Å². The molecule has 5 heteroatoms. The van der Waals surface area contributed by atoms with Gasteiger partial charge in [-0.3, -0.25) is 0 Å². The molecule has 0 aliphatic heterocycles. The van der Waals surface area contributed by atoms with Crippen LogP contribution in [-0.4, -0.2) is 33.5 Å². The highest BCUT2D eigenvalue weighted by Gasteiger charge is 2.13. The third-order valence-electron chi connectivity index (χ3n) is 9.07. The number of ether oxygens (including phenoxy) is 5. The van der Waals surface area contributed by atoms with E-state index in [9.17, 15) is 0 Å². The summed E-state index contributed by atoms with van der Waals surface area (Å²) in [6, 6.07) is 23.4. The number of aryl methyl sites for hydroxylation is 2. The summed E-state index contributed by atoms with van der Waals surface area (Å²) in [4.78, 5) is 0. The molecule has 292 valence electrons. The highest BCUT2D eigenvalue weighted by atomic mass is 16.5. The second kappa shape index (κ2) is 24.6. The Kier molecular flexibility index (Phi) is 20.0. The van der Waals surface area contributed by atoms with E-state index >= 15 is 0 Å². The van der Waals surface area contributed by atoms with E-state index < -0.39 is 0 Å². The van der Waals surface area contributed by atoms with E-state index in [0.717, 1.165) is 104 Å². The summed E-state index contributed by atoms with van der Waals surface area (Å²) in [5, 5.41) is 0. The third kappa shape index (κ3) is 13.6. The SMILES string of the molecule is C/C=C/c1cc(-c2ccc(OCCCC)c(OCCCC)c2)c(C)cc1OC.C/C=C/c1ccc(C)c(-c2ccc(OCCCC)c(OCCCC)c2)c1. The van der Waals surface area contributed by atoms with E-state index in [2.05, 4.69) is 114 Å². The third-order valence-corrected chi connectivity index (χ3v) is 9.07. The van der Waals surface area contributed by atoms with E-state index in [1.54, 1.807) is 7.11 Å². The van der Waals surface area contributed by atoms with E-state index in [-0.39, 0.29) is 0 Å². The number of unbranched alkanes of at least 4 members (excludes halogenated alkanes) is 4. The molecule has 0 amide bonds. The molecule has 0 saturated heterocycles. The van der Waals surface area contributed by atoms with Gasteiger partial charge in [-0.2, -0.15) is 0 Å². The van der Waals surface area contributed by atoms with Gasteiger partial charge >= 0.3 is 0 Å². The lowest BCUT2D eigenvalue weighted by atomic mass is 9.96. The van der Waals surface area contributed by atoms with Gasteiger partial charge in [-0.05, 0) is 135 Å². The predicted molar refractivity (Wildman–Crippen MR) is 231 cm³/mol. The lowest BCUT2D eigenvalue weighted by Crippen LogP contribution is -2.02. The average molecular weight is 735 g/mol. The van der Waals surface area contributed by atoms with Crippen molar-refractivity contribution in [3.05, 3.63) is 101 Å². The Morgan fingerprint density at radius 3 is 1.37 bits per heavy atom. The molecule has 0 radical (unpaired) electrons. The smallest absolute Gasteiger partial charge is 0.161 e. The van der Waals surface area contributed by atoms with Crippen LogP contribution in [0, 0.1) is 13.8 Å². The number of rotatable bonds is 21. The molecule has 0 spiro atoms. The summed E-state index contributed by atoms with van der Waals surface area (Å²) in [6.07, 6.45) is 16.9. The fourth-order valence-electron chi connectivity index (χ4n) is 5.86. The first-order valence-corrected chi connectivity index (χ1v) is 20.2. The highest BCUT2D eigenvalue weighted by molar-refractivity contribution is 5.76. The van der Waals surface area contributed by atoms with Gasteiger partial charge in [0, 0.05) is 5.56 Å². The lowest BCUT2D eigenvalue weighted by Gasteiger charge is -2.16. The molecule has 0 fully saturated rings. The summed E-state index contributed by atoms with van der Waals surface area (Å²) in [5.41, 5.74) is 9.42. The van der Waals surface area contributed by atoms with Crippen LogP contribution in [0.25, 0.3) is 34.4 Å². The Bertz CT molecular complexity index is 1750. The van der Waals surface area contributed by atoms with Crippen LogP contribution in [-0.2, 0) is 0 Å². The van der Waals surface area contributed by atoms with Crippen molar-refractivity contribution in [1.82, 2.24) is 0 Å². The topological polar surface area (TPSA) is 46.2 Å². The van der Waals surface area contributed by atoms with Crippen molar-refractivity contribution in [1.29, 1.82) is 0 Å². The molecule has 0 aromatic heterocycles. The molecule has 54 heavy (non-hydrogen) atoms. The first kappa shape index (κ1) is 43.8. The van der Waals surface area contributed by atoms with Gasteiger partial charge in [-0.15, -0.1) is 0 Å². The zero-order chi connectivity index (χ0) is 39.1. The minimum atomic E-state index is 0.704.